The number of aromatic nitrogens is 1. The van der Waals surface area contributed by atoms with Crippen LogP contribution in [0.4, 0.5) is 29.3 Å². The van der Waals surface area contributed by atoms with Crippen LogP contribution in [0.25, 0.3) is 0 Å². The van der Waals surface area contributed by atoms with Crippen LogP contribution in [0.5, 0.6) is 5.95 Å². The van der Waals surface area contributed by atoms with E-state index in [0.29, 0.717) is 11.3 Å². The summed E-state index contributed by atoms with van der Waals surface area (Å²) in [6, 6.07) is 11.7. The van der Waals surface area contributed by atoms with E-state index < -0.39 is 29.3 Å². The molecule has 3 aromatic rings. The Labute approximate surface area is 197 Å². The van der Waals surface area contributed by atoms with Crippen LogP contribution < -0.4 is 20.7 Å². The lowest BCUT2D eigenvalue weighted by Crippen LogP contribution is -2.59. The van der Waals surface area contributed by atoms with Gasteiger partial charge >= 0.3 is 18.2 Å². The van der Waals surface area contributed by atoms with E-state index in [2.05, 4.69) is 20.9 Å². The fraction of sp³-hybridized carbons (Fsp3) is 0.261. The quantitative estimate of drug-likeness (QED) is 0.459. The molecule has 1 fully saturated rings. The Kier molecular flexibility index (Phi) is 6.92. The van der Waals surface area contributed by atoms with Crippen molar-refractivity contribution in [3.05, 3.63) is 72.2 Å². The molecule has 4 rings (SSSR count). The average molecular weight is 490 g/mol. The molecular weight excluding hydrogens is 469 g/mol. The molecule has 0 aliphatic carbocycles. The highest BCUT2D eigenvalue weighted by Crippen LogP contribution is 2.35. The number of carbonyl (C=O) groups excluding carboxylic acids is 2. The molecule has 2 aromatic carbocycles. The number of alkyl halides is 3. The van der Waals surface area contributed by atoms with Gasteiger partial charge in [-0.25, -0.2) is 9.78 Å². The lowest BCUT2D eigenvalue weighted by Gasteiger charge is -2.26. The standard InChI is InChI=1S/C23H21F3N4O5/c24-23(25,26)17-3-1-2-4-18(17)29-16-7-5-15(6-8-16)11-28-20(31)22(9-10-33-13-22)30-21(32)35-19-12-27-14-34-19/h1-8,12,14,29H,9-11,13H2,(H,28,31)(H,30,32)/t22-/m0/s1. The lowest BCUT2D eigenvalue weighted by atomic mass is 9.97. The van der Waals surface area contributed by atoms with Gasteiger partial charge in [-0.05, 0) is 29.8 Å². The molecule has 184 valence electrons. The van der Waals surface area contributed by atoms with Crippen molar-refractivity contribution in [2.45, 2.75) is 24.7 Å². The van der Waals surface area contributed by atoms with E-state index in [1.54, 1.807) is 24.3 Å². The molecule has 35 heavy (non-hydrogen) atoms. The fourth-order valence-corrected chi connectivity index (χ4v) is 3.52. The van der Waals surface area contributed by atoms with Gasteiger partial charge in [0.15, 0.2) is 6.39 Å². The molecule has 9 nitrogen and oxygen atoms in total. The highest BCUT2D eigenvalue weighted by atomic mass is 19.4. The Balaban J connectivity index is 1.36. The summed E-state index contributed by atoms with van der Waals surface area (Å²) in [5.74, 6) is -0.589. The number of nitrogens with zero attached hydrogens (tertiary/aromatic N) is 1. The van der Waals surface area contributed by atoms with Crippen LogP contribution >= 0.6 is 0 Å². The Bertz CT molecular complexity index is 1160. The molecule has 0 radical (unpaired) electrons. The highest BCUT2D eigenvalue weighted by molar-refractivity contribution is 5.90. The molecule has 0 saturated carbocycles. The van der Waals surface area contributed by atoms with Gasteiger partial charge in [0.05, 0.1) is 17.9 Å². The van der Waals surface area contributed by atoms with Gasteiger partial charge < -0.3 is 29.8 Å². The van der Waals surface area contributed by atoms with E-state index in [9.17, 15) is 22.8 Å². The topological polar surface area (TPSA) is 115 Å². The normalized spacial score (nSPS) is 17.6. The molecule has 2 heterocycles. The van der Waals surface area contributed by atoms with E-state index in [1.165, 1.54) is 24.4 Å². The number of hydrogen-bond acceptors (Lipinski definition) is 7. The third-order valence-electron chi connectivity index (χ3n) is 5.32. The zero-order chi connectivity index (χ0) is 24.9. The maximum absolute atomic E-state index is 13.2. The summed E-state index contributed by atoms with van der Waals surface area (Å²) in [5.41, 5.74) is -0.997. The number of amides is 2. The second kappa shape index (κ2) is 10.1. The molecule has 1 atom stereocenters. The van der Waals surface area contributed by atoms with Gasteiger partial charge in [-0.3, -0.25) is 4.79 Å². The smallest absolute Gasteiger partial charge is 0.413 e. The minimum atomic E-state index is -4.48. The van der Waals surface area contributed by atoms with E-state index >= 15 is 0 Å². The van der Waals surface area contributed by atoms with Crippen molar-refractivity contribution >= 4 is 23.4 Å². The molecule has 0 unspecified atom stereocenters. The number of hydrogen-bond donors (Lipinski definition) is 3. The number of anilines is 2. The second-order valence-electron chi connectivity index (χ2n) is 7.77. The molecule has 1 aliphatic heterocycles. The van der Waals surface area contributed by atoms with Gasteiger partial charge in [0.25, 0.3) is 0 Å². The first kappa shape index (κ1) is 24.1. The third-order valence-corrected chi connectivity index (χ3v) is 5.32. The Morgan fingerprint density at radius 1 is 1.11 bits per heavy atom. The molecule has 12 heteroatoms. The maximum atomic E-state index is 13.2. The van der Waals surface area contributed by atoms with Crippen molar-refractivity contribution in [3.8, 4) is 5.95 Å². The van der Waals surface area contributed by atoms with Crippen LogP contribution in [-0.2, 0) is 22.3 Å². The van der Waals surface area contributed by atoms with Gasteiger partial charge in [0.2, 0.25) is 5.91 Å². The number of para-hydroxylation sites is 1. The number of rotatable bonds is 7. The largest absolute Gasteiger partial charge is 0.418 e. The van der Waals surface area contributed by atoms with Gasteiger partial charge in [-0.2, -0.15) is 13.2 Å². The number of benzene rings is 2. The van der Waals surface area contributed by atoms with Crippen molar-refractivity contribution in [2.75, 3.05) is 18.5 Å². The van der Waals surface area contributed by atoms with Crippen LogP contribution in [-0.4, -0.2) is 35.7 Å². The van der Waals surface area contributed by atoms with Crippen LogP contribution in [0.1, 0.15) is 17.5 Å². The van der Waals surface area contributed by atoms with Crippen molar-refractivity contribution in [1.82, 2.24) is 15.6 Å². The van der Waals surface area contributed by atoms with Crippen molar-refractivity contribution in [2.24, 2.45) is 0 Å². The summed E-state index contributed by atoms with van der Waals surface area (Å²) < 4.78 is 54.7. The maximum Gasteiger partial charge on any atom is 0.418 e. The minimum absolute atomic E-state index is 0.0359. The molecule has 0 spiro atoms. The predicted molar refractivity (Wildman–Crippen MR) is 117 cm³/mol. The van der Waals surface area contributed by atoms with Gasteiger partial charge in [-0.1, -0.05) is 24.3 Å². The molecule has 3 N–H and O–H groups in total. The van der Waals surface area contributed by atoms with E-state index in [4.69, 9.17) is 13.9 Å². The Morgan fingerprint density at radius 2 is 1.89 bits per heavy atom. The fourth-order valence-electron chi connectivity index (χ4n) is 3.52. The average Bonchev–Trinajstić information content (AvgIpc) is 3.51. The number of oxazole rings is 1. The van der Waals surface area contributed by atoms with Crippen molar-refractivity contribution in [3.63, 3.8) is 0 Å². The van der Waals surface area contributed by atoms with Gasteiger partial charge in [-0.15, -0.1) is 0 Å². The Hall–Kier alpha value is -4.06. The molecular formula is C23H21F3N4O5. The molecule has 1 aromatic heterocycles. The van der Waals surface area contributed by atoms with E-state index in [0.717, 1.165) is 12.5 Å². The van der Waals surface area contributed by atoms with Crippen LogP contribution in [0.3, 0.4) is 0 Å². The Morgan fingerprint density at radius 3 is 2.54 bits per heavy atom. The summed E-state index contributed by atoms with van der Waals surface area (Å²) in [6.45, 7) is 0.362. The molecule has 1 saturated heterocycles. The summed E-state index contributed by atoms with van der Waals surface area (Å²) in [7, 11) is 0. The zero-order valence-electron chi connectivity index (χ0n) is 18.2. The highest BCUT2D eigenvalue weighted by Gasteiger charge is 2.44. The van der Waals surface area contributed by atoms with Gasteiger partial charge in [0, 0.05) is 25.3 Å². The van der Waals surface area contributed by atoms with E-state index in [-0.39, 0.29) is 37.8 Å². The molecule has 1 aliphatic rings. The van der Waals surface area contributed by atoms with E-state index in [1.807, 2.05) is 0 Å². The lowest BCUT2D eigenvalue weighted by molar-refractivity contribution is -0.137. The monoisotopic (exact) mass is 490 g/mol. The van der Waals surface area contributed by atoms with Crippen molar-refractivity contribution in [1.29, 1.82) is 0 Å². The SMILES string of the molecule is O=C(N[C@@]1(C(=O)NCc2ccc(Nc3ccccc3C(F)(F)F)cc2)CCOC1)Oc1cnco1. The first-order valence-electron chi connectivity index (χ1n) is 10.5. The molecule has 0 bridgehead atoms. The summed E-state index contributed by atoms with van der Waals surface area (Å²) in [5, 5.41) is 8.05. The predicted octanol–water partition coefficient (Wildman–Crippen LogP) is 4.00. The third kappa shape index (κ3) is 5.90. The van der Waals surface area contributed by atoms with Crippen LogP contribution in [0.2, 0.25) is 0 Å². The van der Waals surface area contributed by atoms with Crippen LogP contribution in [0, 0.1) is 0 Å². The number of carbonyl (C=O) groups is 2. The first-order chi connectivity index (χ1) is 16.7. The number of ether oxygens (including phenoxy) is 2. The molecule has 2 amide bonds. The summed E-state index contributed by atoms with van der Waals surface area (Å²) >= 11 is 0. The number of nitrogens with one attached hydrogen (secondary N) is 3. The van der Waals surface area contributed by atoms with Crippen molar-refractivity contribution < 1.29 is 36.7 Å². The minimum Gasteiger partial charge on any atom is -0.413 e. The summed E-state index contributed by atoms with van der Waals surface area (Å²) in [6.07, 6.45) is -2.83. The second-order valence-corrected chi connectivity index (χ2v) is 7.77. The first-order valence-corrected chi connectivity index (χ1v) is 10.5. The number of halogens is 3. The van der Waals surface area contributed by atoms with Gasteiger partial charge in [0.1, 0.15) is 11.7 Å². The summed E-state index contributed by atoms with van der Waals surface area (Å²) in [4.78, 5) is 28.7. The van der Waals surface area contributed by atoms with Crippen LogP contribution in [0.15, 0.2) is 65.5 Å². The zero-order valence-corrected chi connectivity index (χ0v) is 18.2.